The zero-order valence-corrected chi connectivity index (χ0v) is 17.1. The van der Waals surface area contributed by atoms with Crippen molar-refractivity contribution in [2.45, 2.75) is 49.4 Å². The lowest BCUT2D eigenvalue weighted by molar-refractivity contribution is -0.110. The SMILES string of the molecule is CN(C)c1ccc([C@H]2[C@@H](S(=O)(=O)N(C)C3CCCCC3)CON2C)cc1. The van der Waals surface area contributed by atoms with Crippen molar-refractivity contribution in [1.82, 2.24) is 9.37 Å². The highest BCUT2D eigenvalue weighted by molar-refractivity contribution is 7.89. The van der Waals surface area contributed by atoms with Gasteiger partial charge in [0, 0.05) is 39.9 Å². The van der Waals surface area contributed by atoms with E-state index < -0.39 is 15.3 Å². The van der Waals surface area contributed by atoms with E-state index >= 15 is 0 Å². The van der Waals surface area contributed by atoms with Crippen LogP contribution in [-0.4, -0.2) is 63.9 Å². The van der Waals surface area contributed by atoms with Crippen molar-refractivity contribution in [2.75, 3.05) is 39.7 Å². The van der Waals surface area contributed by atoms with Crippen molar-refractivity contribution in [3.63, 3.8) is 0 Å². The highest BCUT2D eigenvalue weighted by Gasteiger charge is 2.46. The molecule has 1 heterocycles. The largest absolute Gasteiger partial charge is 0.378 e. The lowest BCUT2D eigenvalue weighted by atomic mass is 9.96. The lowest BCUT2D eigenvalue weighted by Crippen LogP contribution is -2.45. The second-order valence-corrected chi connectivity index (χ2v) is 9.88. The minimum atomic E-state index is -3.44. The second-order valence-electron chi connectivity index (χ2n) is 7.66. The molecule has 1 aliphatic carbocycles. The molecule has 0 N–H and O–H groups in total. The van der Waals surface area contributed by atoms with Gasteiger partial charge in [0.25, 0.3) is 0 Å². The summed E-state index contributed by atoms with van der Waals surface area (Å²) in [5.74, 6) is 0. The Morgan fingerprint density at radius 3 is 2.23 bits per heavy atom. The smallest absolute Gasteiger partial charge is 0.221 e. The Morgan fingerprint density at radius 1 is 1.04 bits per heavy atom. The molecule has 0 bridgehead atoms. The zero-order chi connectivity index (χ0) is 18.9. The molecule has 1 aliphatic heterocycles. The maximum atomic E-state index is 13.3. The summed E-state index contributed by atoms with van der Waals surface area (Å²) in [6.07, 6.45) is 5.35. The number of rotatable bonds is 5. The van der Waals surface area contributed by atoms with Crippen LogP contribution in [0.3, 0.4) is 0 Å². The van der Waals surface area contributed by atoms with Crippen molar-refractivity contribution in [1.29, 1.82) is 0 Å². The summed E-state index contributed by atoms with van der Waals surface area (Å²) >= 11 is 0. The predicted molar refractivity (Wildman–Crippen MR) is 105 cm³/mol. The molecular formula is C19H31N3O3S. The van der Waals surface area contributed by atoms with Gasteiger partial charge in [-0.15, -0.1) is 0 Å². The first-order valence-corrected chi connectivity index (χ1v) is 10.9. The molecule has 0 spiro atoms. The predicted octanol–water partition coefficient (Wildman–Crippen LogP) is 2.63. The van der Waals surface area contributed by atoms with Crippen molar-refractivity contribution in [2.24, 2.45) is 0 Å². The van der Waals surface area contributed by atoms with Gasteiger partial charge in [0.05, 0.1) is 12.6 Å². The molecule has 0 amide bonds. The fourth-order valence-corrected chi connectivity index (χ4v) is 6.05. The molecule has 1 aromatic carbocycles. The fourth-order valence-electron chi connectivity index (χ4n) is 4.11. The Balaban J connectivity index is 1.85. The monoisotopic (exact) mass is 381 g/mol. The van der Waals surface area contributed by atoms with Gasteiger partial charge in [0.15, 0.2) is 0 Å². The van der Waals surface area contributed by atoms with Gasteiger partial charge in [-0.1, -0.05) is 31.4 Å². The van der Waals surface area contributed by atoms with Gasteiger partial charge in [-0.05, 0) is 30.5 Å². The van der Waals surface area contributed by atoms with Crippen LogP contribution in [0.15, 0.2) is 24.3 Å². The van der Waals surface area contributed by atoms with Crippen LogP contribution in [0.2, 0.25) is 0 Å². The van der Waals surface area contributed by atoms with Crippen LogP contribution >= 0.6 is 0 Å². The molecule has 0 aromatic heterocycles. The standard InChI is InChI=1S/C19H31N3O3S/c1-20(2)16-12-10-15(11-13-16)19-18(14-25-21(19)3)26(23,24)22(4)17-8-6-5-7-9-17/h10-13,17-19H,5-9,14H2,1-4H3/t18-,19-/m0/s1. The Bertz CT molecular complexity index is 699. The van der Waals surface area contributed by atoms with E-state index in [1.165, 1.54) is 6.42 Å². The Morgan fingerprint density at radius 2 is 1.65 bits per heavy atom. The summed E-state index contributed by atoms with van der Waals surface area (Å²) in [4.78, 5) is 7.68. The number of nitrogens with zero attached hydrogens (tertiary/aromatic N) is 3. The summed E-state index contributed by atoms with van der Waals surface area (Å²) in [5, 5.41) is 1.12. The molecule has 0 unspecified atom stereocenters. The van der Waals surface area contributed by atoms with Crippen LogP contribution in [0.1, 0.15) is 43.7 Å². The Kier molecular flexibility index (Phi) is 5.91. The minimum absolute atomic E-state index is 0.122. The molecule has 1 aromatic rings. The van der Waals surface area contributed by atoms with E-state index in [2.05, 4.69) is 0 Å². The van der Waals surface area contributed by atoms with E-state index in [9.17, 15) is 8.42 Å². The highest BCUT2D eigenvalue weighted by atomic mass is 32.2. The zero-order valence-electron chi connectivity index (χ0n) is 16.3. The van der Waals surface area contributed by atoms with E-state index in [1.807, 2.05) is 50.3 Å². The lowest BCUT2D eigenvalue weighted by Gasteiger charge is -2.33. The molecule has 3 rings (SSSR count). The van der Waals surface area contributed by atoms with Gasteiger partial charge in [0.1, 0.15) is 5.25 Å². The van der Waals surface area contributed by atoms with Crippen LogP contribution < -0.4 is 4.90 Å². The van der Waals surface area contributed by atoms with Crippen molar-refractivity contribution in [3.05, 3.63) is 29.8 Å². The second kappa shape index (κ2) is 7.84. The van der Waals surface area contributed by atoms with Crippen molar-refractivity contribution >= 4 is 15.7 Å². The maximum Gasteiger partial charge on any atom is 0.221 e. The molecule has 6 nitrogen and oxygen atoms in total. The summed E-state index contributed by atoms with van der Waals surface area (Å²) in [6, 6.07) is 7.90. The minimum Gasteiger partial charge on any atom is -0.378 e. The van der Waals surface area contributed by atoms with Crippen LogP contribution in [-0.2, 0) is 14.9 Å². The Labute approximate surface area is 157 Å². The van der Waals surface area contributed by atoms with Gasteiger partial charge in [-0.2, -0.15) is 5.06 Å². The molecule has 1 saturated heterocycles. The first-order chi connectivity index (χ1) is 12.3. The van der Waals surface area contributed by atoms with Gasteiger partial charge in [0.2, 0.25) is 10.0 Å². The summed E-state index contributed by atoms with van der Waals surface area (Å²) in [7, 11) is 4.11. The number of sulfonamides is 1. The molecule has 7 heteroatoms. The third-order valence-electron chi connectivity index (χ3n) is 5.81. The molecule has 2 atom stereocenters. The van der Waals surface area contributed by atoms with Crippen LogP contribution in [0.4, 0.5) is 5.69 Å². The molecule has 2 fully saturated rings. The van der Waals surface area contributed by atoms with Crippen LogP contribution in [0.25, 0.3) is 0 Å². The van der Waals surface area contributed by atoms with E-state index in [1.54, 1.807) is 16.4 Å². The van der Waals surface area contributed by atoms with Gasteiger partial charge < -0.3 is 4.90 Å². The molecule has 146 valence electrons. The number of hydrogen-bond donors (Lipinski definition) is 0. The highest BCUT2D eigenvalue weighted by Crippen LogP contribution is 2.36. The quantitative estimate of drug-likeness (QED) is 0.785. The average Bonchev–Trinajstić information content (AvgIpc) is 3.04. The van der Waals surface area contributed by atoms with Crippen LogP contribution in [0, 0.1) is 0 Å². The topological polar surface area (TPSA) is 53.1 Å². The average molecular weight is 382 g/mol. The number of anilines is 1. The van der Waals surface area contributed by atoms with E-state index in [-0.39, 0.29) is 18.7 Å². The van der Waals surface area contributed by atoms with Crippen molar-refractivity contribution < 1.29 is 13.3 Å². The van der Waals surface area contributed by atoms with E-state index in [0.29, 0.717) is 0 Å². The third-order valence-corrected chi connectivity index (χ3v) is 8.07. The molecule has 0 radical (unpaired) electrons. The molecule has 26 heavy (non-hydrogen) atoms. The number of benzene rings is 1. The third kappa shape index (κ3) is 3.76. The normalized spacial score (nSPS) is 25.7. The summed E-state index contributed by atoms with van der Waals surface area (Å²) in [6.45, 7) is 0.204. The molecule has 2 aliphatic rings. The van der Waals surface area contributed by atoms with Crippen molar-refractivity contribution in [3.8, 4) is 0 Å². The molecular weight excluding hydrogens is 350 g/mol. The number of hydroxylamine groups is 2. The Hall–Kier alpha value is -1.15. The fraction of sp³-hybridized carbons (Fsp3) is 0.684. The van der Waals surface area contributed by atoms with Gasteiger partial charge in [-0.3, -0.25) is 4.84 Å². The molecule has 1 saturated carbocycles. The summed E-state index contributed by atoms with van der Waals surface area (Å²) in [5.41, 5.74) is 2.07. The van der Waals surface area contributed by atoms with Gasteiger partial charge >= 0.3 is 0 Å². The van der Waals surface area contributed by atoms with E-state index in [4.69, 9.17) is 4.84 Å². The van der Waals surface area contributed by atoms with Crippen LogP contribution in [0.5, 0.6) is 0 Å². The first kappa shape index (κ1) is 19.6. The van der Waals surface area contributed by atoms with E-state index in [0.717, 1.165) is 36.9 Å². The van der Waals surface area contributed by atoms with Gasteiger partial charge in [-0.25, -0.2) is 12.7 Å². The first-order valence-electron chi connectivity index (χ1n) is 9.42. The number of hydrogen-bond acceptors (Lipinski definition) is 5. The maximum absolute atomic E-state index is 13.3. The summed E-state index contributed by atoms with van der Waals surface area (Å²) < 4.78 is 28.3.